The van der Waals surface area contributed by atoms with Crippen LogP contribution < -0.4 is 0 Å². The number of aliphatic hydroxyl groups is 1. The van der Waals surface area contributed by atoms with E-state index in [0.29, 0.717) is 12.5 Å². The van der Waals surface area contributed by atoms with Gasteiger partial charge in [-0.1, -0.05) is 0 Å². The second-order valence-corrected chi connectivity index (χ2v) is 3.90. The smallest absolute Gasteiger partial charge is 0.0460 e. The minimum atomic E-state index is 0.407. The first-order valence-corrected chi connectivity index (χ1v) is 4.75. The Morgan fingerprint density at radius 1 is 1.27 bits per heavy atom. The minimum absolute atomic E-state index is 0.407. The number of fused-ring (bicyclic) bond motifs is 1. The predicted octanol–water partition coefficient (Wildman–Crippen LogP) is 0.853. The maximum Gasteiger partial charge on any atom is 0.0460 e. The van der Waals surface area contributed by atoms with Gasteiger partial charge < -0.3 is 10.0 Å². The van der Waals surface area contributed by atoms with Crippen molar-refractivity contribution in [1.82, 2.24) is 4.90 Å². The number of rotatable bonds is 1. The summed E-state index contributed by atoms with van der Waals surface area (Å²) in [4.78, 5) is 2.59. The molecule has 0 aromatic carbocycles. The van der Waals surface area contributed by atoms with Gasteiger partial charge in [-0.3, -0.25) is 0 Å². The van der Waals surface area contributed by atoms with Gasteiger partial charge in [-0.15, -0.1) is 0 Å². The number of aliphatic hydroxyl groups excluding tert-OH is 1. The maximum absolute atomic E-state index is 8.99. The van der Waals surface area contributed by atoms with Crippen LogP contribution in [0.1, 0.15) is 25.7 Å². The predicted molar refractivity (Wildman–Crippen MR) is 44.4 cm³/mol. The third-order valence-corrected chi connectivity index (χ3v) is 3.19. The molecular formula is C9H17NO. The molecule has 64 valence electrons. The monoisotopic (exact) mass is 155 g/mol. The van der Waals surface area contributed by atoms with E-state index in [9.17, 15) is 0 Å². The van der Waals surface area contributed by atoms with Crippen LogP contribution in [-0.2, 0) is 0 Å². The topological polar surface area (TPSA) is 23.5 Å². The van der Waals surface area contributed by atoms with E-state index in [1.165, 1.54) is 38.8 Å². The van der Waals surface area contributed by atoms with Gasteiger partial charge in [0.05, 0.1) is 0 Å². The van der Waals surface area contributed by atoms with E-state index in [1.807, 2.05) is 0 Å². The molecule has 2 rings (SSSR count). The fourth-order valence-electron chi connectivity index (χ4n) is 2.47. The molecule has 0 bridgehead atoms. The molecule has 1 N–H and O–H groups in total. The highest BCUT2D eigenvalue weighted by Crippen LogP contribution is 2.29. The lowest BCUT2D eigenvalue weighted by atomic mass is 9.92. The van der Waals surface area contributed by atoms with Crippen molar-refractivity contribution in [2.24, 2.45) is 5.92 Å². The van der Waals surface area contributed by atoms with Gasteiger partial charge in [0.15, 0.2) is 0 Å². The molecule has 2 fully saturated rings. The Labute approximate surface area is 68.2 Å². The highest BCUT2D eigenvalue weighted by atomic mass is 16.3. The molecule has 2 aliphatic heterocycles. The van der Waals surface area contributed by atoms with Crippen molar-refractivity contribution in [1.29, 1.82) is 0 Å². The van der Waals surface area contributed by atoms with Crippen LogP contribution in [0.15, 0.2) is 0 Å². The van der Waals surface area contributed by atoms with Crippen molar-refractivity contribution in [2.75, 3.05) is 19.7 Å². The van der Waals surface area contributed by atoms with Gasteiger partial charge >= 0.3 is 0 Å². The van der Waals surface area contributed by atoms with Crippen molar-refractivity contribution in [2.45, 2.75) is 31.7 Å². The summed E-state index contributed by atoms with van der Waals surface area (Å²) in [5.74, 6) is 0.606. The zero-order valence-corrected chi connectivity index (χ0v) is 7.00. The van der Waals surface area contributed by atoms with Gasteiger partial charge in [-0.25, -0.2) is 0 Å². The average molecular weight is 155 g/mol. The quantitative estimate of drug-likeness (QED) is 0.607. The number of hydrogen-bond donors (Lipinski definition) is 1. The third-order valence-electron chi connectivity index (χ3n) is 3.19. The molecule has 0 aliphatic carbocycles. The lowest BCUT2D eigenvalue weighted by Crippen LogP contribution is -2.38. The molecule has 0 amide bonds. The van der Waals surface area contributed by atoms with E-state index in [2.05, 4.69) is 4.90 Å². The van der Waals surface area contributed by atoms with Crippen LogP contribution in [0.3, 0.4) is 0 Å². The first kappa shape index (κ1) is 7.56. The molecule has 2 heterocycles. The van der Waals surface area contributed by atoms with Gasteiger partial charge in [-0.05, 0) is 44.7 Å². The number of hydrogen-bond acceptors (Lipinski definition) is 2. The summed E-state index contributed by atoms with van der Waals surface area (Å²) < 4.78 is 0. The fourth-order valence-corrected chi connectivity index (χ4v) is 2.47. The lowest BCUT2D eigenvalue weighted by molar-refractivity contribution is 0.108. The molecule has 0 aromatic heterocycles. The fraction of sp³-hybridized carbons (Fsp3) is 1.00. The Bertz CT molecular complexity index is 138. The molecule has 2 unspecified atom stereocenters. The molecule has 0 aromatic rings. The van der Waals surface area contributed by atoms with E-state index >= 15 is 0 Å². The molecule has 2 nitrogen and oxygen atoms in total. The molecule has 0 radical (unpaired) electrons. The minimum Gasteiger partial charge on any atom is -0.396 e. The summed E-state index contributed by atoms with van der Waals surface area (Å²) in [5, 5.41) is 8.99. The summed E-state index contributed by atoms with van der Waals surface area (Å²) in [6, 6.07) is 0.820. The van der Waals surface area contributed by atoms with E-state index in [4.69, 9.17) is 5.11 Å². The Balaban J connectivity index is 1.91. The normalized spacial score (nSPS) is 39.0. The Morgan fingerprint density at radius 3 is 3.00 bits per heavy atom. The maximum atomic E-state index is 8.99. The van der Waals surface area contributed by atoms with Gasteiger partial charge in [-0.2, -0.15) is 0 Å². The zero-order chi connectivity index (χ0) is 7.68. The highest BCUT2D eigenvalue weighted by molar-refractivity contribution is 4.85. The van der Waals surface area contributed by atoms with E-state index in [-0.39, 0.29) is 0 Å². The third kappa shape index (κ3) is 1.42. The summed E-state index contributed by atoms with van der Waals surface area (Å²) in [6.45, 7) is 2.95. The van der Waals surface area contributed by atoms with Crippen molar-refractivity contribution < 1.29 is 5.11 Å². The van der Waals surface area contributed by atoms with Crippen LogP contribution in [0.4, 0.5) is 0 Å². The zero-order valence-electron chi connectivity index (χ0n) is 7.00. The molecular weight excluding hydrogens is 138 g/mol. The Kier molecular flexibility index (Phi) is 2.14. The molecule has 2 aliphatic rings. The van der Waals surface area contributed by atoms with Gasteiger partial charge in [0.2, 0.25) is 0 Å². The summed E-state index contributed by atoms with van der Waals surface area (Å²) in [6.07, 6.45) is 5.21. The summed E-state index contributed by atoms with van der Waals surface area (Å²) >= 11 is 0. The second kappa shape index (κ2) is 3.11. The van der Waals surface area contributed by atoms with Crippen LogP contribution in [0.2, 0.25) is 0 Å². The van der Waals surface area contributed by atoms with Crippen molar-refractivity contribution in [3.8, 4) is 0 Å². The lowest BCUT2D eigenvalue weighted by Gasteiger charge is -2.33. The number of nitrogens with zero attached hydrogens (tertiary/aromatic N) is 1. The first-order valence-electron chi connectivity index (χ1n) is 4.75. The van der Waals surface area contributed by atoms with E-state index in [0.717, 1.165) is 6.04 Å². The standard InChI is InChI=1S/C9H17NO/c11-7-8-3-5-10-4-1-2-9(10)6-8/h8-9,11H,1-7H2. The van der Waals surface area contributed by atoms with Crippen LogP contribution in [-0.4, -0.2) is 35.7 Å². The van der Waals surface area contributed by atoms with E-state index < -0.39 is 0 Å². The molecule has 0 saturated carbocycles. The van der Waals surface area contributed by atoms with Crippen molar-refractivity contribution in [3.63, 3.8) is 0 Å². The van der Waals surface area contributed by atoms with Crippen LogP contribution >= 0.6 is 0 Å². The SMILES string of the molecule is OCC1CCN2CCCC2C1. The van der Waals surface area contributed by atoms with Gasteiger partial charge in [0, 0.05) is 12.6 Å². The summed E-state index contributed by atoms with van der Waals surface area (Å²) in [7, 11) is 0. The van der Waals surface area contributed by atoms with Gasteiger partial charge in [0.1, 0.15) is 0 Å². The van der Waals surface area contributed by atoms with Crippen LogP contribution in [0.25, 0.3) is 0 Å². The Morgan fingerprint density at radius 2 is 2.18 bits per heavy atom. The first-order chi connectivity index (χ1) is 5.40. The average Bonchev–Trinajstić information content (AvgIpc) is 2.50. The molecule has 11 heavy (non-hydrogen) atoms. The van der Waals surface area contributed by atoms with Crippen LogP contribution in [0.5, 0.6) is 0 Å². The van der Waals surface area contributed by atoms with Crippen molar-refractivity contribution >= 4 is 0 Å². The molecule has 0 spiro atoms. The highest BCUT2D eigenvalue weighted by Gasteiger charge is 2.30. The van der Waals surface area contributed by atoms with Gasteiger partial charge in [0.25, 0.3) is 0 Å². The molecule has 2 saturated heterocycles. The number of piperidine rings is 1. The molecule has 2 atom stereocenters. The largest absolute Gasteiger partial charge is 0.396 e. The molecule has 2 heteroatoms. The van der Waals surface area contributed by atoms with E-state index in [1.54, 1.807) is 0 Å². The van der Waals surface area contributed by atoms with Crippen LogP contribution in [0, 0.1) is 5.92 Å². The summed E-state index contributed by atoms with van der Waals surface area (Å²) in [5.41, 5.74) is 0. The Hall–Kier alpha value is -0.0800. The second-order valence-electron chi connectivity index (χ2n) is 3.90. The van der Waals surface area contributed by atoms with Crippen molar-refractivity contribution in [3.05, 3.63) is 0 Å².